The number of nitrogens with one attached hydrogen (secondary N) is 1. The fourth-order valence-corrected chi connectivity index (χ4v) is 3.52. The van der Waals surface area contributed by atoms with Crippen molar-refractivity contribution in [3.63, 3.8) is 0 Å². The molecule has 0 amide bonds. The number of aromatic nitrogens is 1. The predicted molar refractivity (Wildman–Crippen MR) is 81.4 cm³/mol. The van der Waals surface area contributed by atoms with Gasteiger partial charge in [0.2, 0.25) is 0 Å². The van der Waals surface area contributed by atoms with Crippen LogP contribution in [0.3, 0.4) is 0 Å². The molecule has 3 heterocycles. The first kappa shape index (κ1) is 12.8. The third kappa shape index (κ3) is 2.58. The minimum absolute atomic E-state index is 0.434. The van der Waals surface area contributed by atoms with Crippen molar-refractivity contribution in [2.24, 2.45) is 5.73 Å². The van der Waals surface area contributed by atoms with E-state index < -0.39 is 0 Å². The van der Waals surface area contributed by atoms with E-state index in [4.69, 9.17) is 18.0 Å². The number of thiocarbonyl (C=S) groups is 1. The molecule has 4 nitrogen and oxygen atoms in total. The van der Waals surface area contributed by atoms with Crippen LogP contribution < -0.4 is 11.1 Å². The van der Waals surface area contributed by atoms with Gasteiger partial charge in [0.25, 0.3) is 0 Å². The van der Waals surface area contributed by atoms with Crippen LogP contribution in [-0.4, -0.2) is 40.0 Å². The van der Waals surface area contributed by atoms with E-state index in [-0.39, 0.29) is 0 Å². The summed E-state index contributed by atoms with van der Waals surface area (Å²) in [5, 5.41) is 3.62. The molecule has 0 bridgehead atoms. The van der Waals surface area contributed by atoms with Crippen LogP contribution in [0.2, 0.25) is 0 Å². The Bertz CT molecular complexity index is 476. The van der Waals surface area contributed by atoms with E-state index in [9.17, 15) is 0 Å². The minimum atomic E-state index is 0.434. The number of rotatable bonds is 3. The van der Waals surface area contributed by atoms with Crippen molar-refractivity contribution in [1.29, 1.82) is 0 Å². The quantitative estimate of drug-likeness (QED) is 0.824. The molecule has 2 fully saturated rings. The Kier molecular flexibility index (Phi) is 3.66. The molecule has 0 spiro atoms. The monoisotopic (exact) mass is 276 g/mol. The Hall–Kier alpha value is -1.20. The average Bonchev–Trinajstić information content (AvgIpc) is 2.83. The standard InChI is InChI=1S/C14H20N4S/c15-14(19)10-4-6-16-9-12(10)17-11-5-8-18-7-2-1-3-13(11)18/h4,6,9,11,13,17H,1-3,5,7-8H2,(H2,15,19). The number of anilines is 1. The topological polar surface area (TPSA) is 54.2 Å². The first-order valence-corrected chi connectivity index (χ1v) is 7.41. The van der Waals surface area contributed by atoms with E-state index in [1.165, 1.54) is 38.8 Å². The highest BCUT2D eigenvalue weighted by Gasteiger charge is 2.35. The van der Waals surface area contributed by atoms with Crippen LogP contribution in [0.4, 0.5) is 5.69 Å². The van der Waals surface area contributed by atoms with Crippen molar-refractivity contribution in [3.05, 3.63) is 24.0 Å². The van der Waals surface area contributed by atoms with Crippen LogP contribution in [0.25, 0.3) is 0 Å². The van der Waals surface area contributed by atoms with Crippen LogP contribution in [0.5, 0.6) is 0 Å². The Morgan fingerprint density at radius 1 is 1.37 bits per heavy atom. The van der Waals surface area contributed by atoms with Gasteiger partial charge in [0.05, 0.1) is 11.9 Å². The Morgan fingerprint density at radius 3 is 3.11 bits per heavy atom. The zero-order valence-corrected chi connectivity index (χ0v) is 11.8. The van der Waals surface area contributed by atoms with E-state index in [0.29, 0.717) is 17.1 Å². The van der Waals surface area contributed by atoms with Gasteiger partial charge in [-0.1, -0.05) is 18.6 Å². The molecular weight excluding hydrogens is 256 g/mol. The second-order valence-corrected chi connectivity index (χ2v) is 5.86. The van der Waals surface area contributed by atoms with Gasteiger partial charge in [0, 0.05) is 30.4 Å². The van der Waals surface area contributed by atoms with Crippen LogP contribution >= 0.6 is 12.2 Å². The summed E-state index contributed by atoms with van der Waals surface area (Å²) >= 11 is 5.11. The number of nitrogens with two attached hydrogens (primary N) is 1. The lowest BCUT2D eigenvalue weighted by molar-refractivity contribution is 0.193. The van der Waals surface area contributed by atoms with Gasteiger partial charge in [-0.2, -0.15) is 0 Å². The molecule has 0 saturated carbocycles. The summed E-state index contributed by atoms with van der Waals surface area (Å²) < 4.78 is 0. The van der Waals surface area contributed by atoms with Crippen molar-refractivity contribution >= 4 is 22.9 Å². The summed E-state index contributed by atoms with van der Waals surface area (Å²) in [6, 6.07) is 3.05. The van der Waals surface area contributed by atoms with Crippen molar-refractivity contribution in [2.45, 2.75) is 37.8 Å². The van der Waals surface area contributed by atoms with Gasteiger partial charge in [-0.15, -0.1) is 0 Å². The fraction of sp³-hybridized carbons (Fsp3) is 0.571. The number of hydrogen-bond donors (Lipinski definition) is 2. The van der Waals surface area contributed by atoms with E-state index in [0.717, 1.165) is 11.3 Å². The third-order valence-electron chi connectivity index (χ3n) is 4.28. The predicted octanol–water partition coefficient (Wildman–Crippen LogP) is 1.75. The fourth-order valence-electron chi connectivity index (χ4n) is 3.34. The highest BCUT2D eigenvalue weighted by molar-refractivity contribution is 7.80. The smallest absolute Gasteiger partial charge is 0.106 e. The zero-order chi connectivity index (χ0) is 13.2. The molecule has 1 aromatic rings. The molecule has 2 aliphatic heterocycles. The van der Waals surface area contributed by atoms with Gasteiger partial charge in [0.15, 0.2) is 0 Å². The Morgan fingerprint density at radius 2 is 2.26 bits per heavy atom. The van der Waals surface area contributed by atoms with Crippen molar-refractivity contribution in [2.75, 3.05) is 18.4 Å². The summed E-state index contributed by atoms with van der Waals surface area (Å²) in [5.41, 5.74) is 7.66. The molecular formula is C14H20N4S. The first-order valence-electron chi connectivity index (χ1n) is 7.00. The molecule has 2 aliphatic rings. The van der Waals surface area contributed by atoms with Crippen molar-refractivity contribution in [1.82, 2.24) is 9.88 Å². The molecule has 2 unspecified atom stereocenters. The van der Waals surface area contributed by atoms with Crippen molar-refractivity contribution < 1.29 is 0 Å². The lowest BCUT2D eigenvalue weighted by Gasteiger charge is -2.33. The van der Waals surface area contributed by atoms with Gasteiger partial charge in [0.1, 0.15) is 4.99 Å². The summed E-state index contributed by atoms with van der Waals surface area (Å²) in [6.07, 6.45) is 8.74. The van der Waals surface area contributed by atoms with E-state index in [1.807, 2.05) is 12.3 Å². The summed E-state index contributed by atoms with van der Waals surface area (Å²) in [4.78, 5) is 7.23. The molecule has 19 heavy (non-hydrogen) atoms. The Balaban J connectivity index is 1.76. The van der Waals surface area contributed by atoms with Gasteiger partial charge in [-0.05, 0) is 31.9 Å². The second kappa shape index (κ2) is 5.43. The maximum atomic E-state index is 5.77. The van der Waals surface area contributed by atoms with Crippen LogP contribution in [0.15, 0.2) is 18.5 Å². The largest absolute Gasteiger partial charge is 0.389 e. The van der Waals surface area contributed by atoms with Crippen LogP contribution in [-0.2, 0) is 0 Å². The summed E-state index contributed by atoms with van der Waals surface area (Å²) in [6.45, 7) is 2.45. The van der Waals surface area contributed by atoms with Gasteiger partial charge in [-0.25, -0.2) is 0 Å². The molecule has 0 radical (unpaired) electrons. The maximum absolute atomic E-state index is 5.77. The highest BCUT2D eigenvalue weighted by atomic mass is 32.1. The Labute approximate surface area is 119 Å². The summed E-state index contributed by atoms with van der Waals surface area (Å²) in [5.74, 6) is 0. The highest BCUT2D eigenvalue weighted by Crippen LogP contribution is 2.29. The molecule has 0 aromatic carbocycles. The SMILES string of the molecule is NC(=S)c1ccncc1NC1CCN2CCCCC12. The molecule has 3 rings (SSSR count). The molecule has 5 heteroatoms. The minimum Gasteiger partial charge on any atom is -0.389 e. The average molecular weight is 276 g/mol. The summed E-state index contributed by atoms with van der Waals surface area (Å²) in [7, 11) is 0. The lowest BCUT2D eigenvalue weighted by atomic mass is 9.98. The van der Waals surface area contributed by atoms with Crippen LogP contribution in [0.1, 0.15) is 31.2 Å². The zero-order valence-electron chi connectivity index (χ0n) is 11.0. The molecule has 2 saturated heterocycles. The van der Waals surface area contributed by atoms with Crippen LogP contribution in [0, 0.1) is 0 Å². The first-order chi connectivity index (χ1) is 9.25. The second-order valence-electron chi connectivity index (χ2n) is 5.42. The number of hydrogen-bond acceptors (Lipinski definition) is 4. The molecule has 102 valence electrons. The van der Waals surface area contributed by atoms with Crippen molar-refractivity contribution in [3.8, 4) is 0 Å². The van der Waals surface area contributed by atoms with Gasteiger partial charge < -0.3 is 11.1 Å². The molecule has 2 atom stereocenters. The van der Waals surface area contributed by atoms with E-state index in [2.05, 4.69) is 15.2 Å². The number of fused-ring (bicyclic) bond motifs is 1. The molecule has 0 aliphatic carbocycles. The number of nitrogens with zero attached hydrogens (tertiary/aromatic N) is 2. The number of pyridine rings is 1. The normalized spacial score (nSPS) is 26.9. The van der Waals surface area contributed by atoms with E-state index in [1.54, 1.807) is 6.20 Å². The lowest BCUT2D eigenvalue weighted by Crippen LogP contribution is -2.42. The number of piperidine rings is 1. The van der Waals surface area contributed by atoms with Gasteiger partial charge >= 0.3 is 0 Å². The maximum Gasteiger partial charge on any atom is 0.106 e. The van der Waals surface area contributed by atoms with Gasteiger partial charge in [-0.3, -0.25) is 9.88 Å². The third-order valence-corrected chi connectivity index (χ3v) is 4.50. The molecule has 1 aromatic heterocycles. The van der Waals surface area contributed by atoms with E-state index >= 15 is 0 Å². The molecule has 3 N–H and O–H groups in total.